The lowest BCUT2D eigenvalue weighted by Crippen LogP contribution is -2.51. The van der Waals surface area contributed by atoms with E-state index in [4.69, 9.17) is 16.3 Å². The van der Waals surface area contributed by atoms with Gasteiger partial charge in [-0.05, 0) is 24.4 Å². The normalized spacial score (nSPS) is 21.6. The summed E-state index contributed by atoms with van der Waals surface area (Å²) in [5.74, 6) is 0.641. The molecule has 18 heavy (non-hydrogen) atoms. The van der Waals surface area contributed by atoms with Gasteiger partial charge in [0.2, 0.25) is 5.28 Å². The summed E-state index contributed by atoms with van der Waals surface area (Å²) in [6.45, 7) is 1.01. The van der Waals surface area contributed by atoms with Crippen molar-refractivity contribution in [3.8, 4) is 0 Å². The van der Waals surface area contributed by atoms with Gasteiger partial charge in [-0.1, -0.05) is 0 Å². The lowest BCUT2D eigenvalue weighted by molar-refractivity contribution is -0.120. The second kappa shape index (κ2) is 4.37. The molecule has 0 saturated heterocycles. The number of amides is 1. The van der Waals surface area contributed by atoms with Crippen LogP contribution in [0.15, 0.2) is 0 Å². The number of aryl methyl sites for hydroxylation is 1. The smallest absolute Gasteiger partial charge is 0.252 e. The molecule has 0 fully saturated rings. The first kappa shape index (κ1) is 11.7. The third-order valence-corrected chi connectivity index (χ3v) is 3.37. The largest absolute Gasteiger partial charge is 0.382 e. The van der Waals surface area contributed by atoms with Crippen LogP contribution in [0.1, 0.15) is 12.1 Å². The molecule has 1 aromatic rings. The molecule has 0 saturated carbocycles. The van der Waals surface area contributed by atoms with E-state index in [1.54, 1.807) is 12.0 Å². The Labute approximate surface area is 109 Å². The zero-order valence-corrected chi connectivity index (χ0v) is 10.7. The molecular formula is C11H13ClN4O2. The molecule has 0 aliphatic carbocycles. The summed E-state index contributed by atoms with van der Waals surface area (Å²) in [5, 5.41) is 3.29. The predicted molar refractivity (Wildman–Crippen MR) is 67.0 cm³/mol. The Morgan fingerprint density at radius 2 is 2.39 bits per heavy atom. The average Bonchev–Trinajstić information content (AvgIpc) is 2.35. The number of nitrogens with zero attached hydrogens (tertiary/aromatic N) is 3. The van der Waals surface area contributed by atoms with Gasteiger partial charge in [0.1, 0.15) is 11.7 Å². The highest BCUT2D eigenvalue weighted by Gasteiger charge is 2.37. The summed E-state index contributed by atoms with van der Waals surface area (Å²) < 4.78 is 5.05. The molecule has 3 rings (SSSR count). The molecule has 2 aliphatic rings. The van der Waals surface area contributed by atoms with Gasteiger partial charge in [-0.3, -0.25) is 4.79 Å². The quantitative estimate of drug-likeness (QED) is 0.806. The summed E-state index contributed by atoms with van der Waals surface area (Å²) in [5.41, 5.74) is 1.62. The van der Waals surface area contributed by atoms with Crippen molar-refractivity contribution >= 4 is 29.0 Å². The van der Waals surface area contributed by atoms with E-state index < -0.39 is 6.04 Å². The molecule has 1 atom stereocenters. The molecule has 0 spiro atoms. The molecule has 6 nitrogen and oxygen atoms in total. The number of carbonyl (C=O) groups excluding carboxylic acids is 1. The van der Waals surface area contributed by atoms with E-state index in [2.05, 4.69) is 15.3 Å². The van der Waals surface area contributed by atoms with Crippen LogP contribution in [-0.4, -0.2) is 42.2 Å². The van der Waals surface area contributed by atoms with Gasteiger partial charge in [-0.15, -0.1) is 0 Å². The van der Waals surface area contributed by atoms with Crippen LogP contribution in [-0.2, 0) is 16.0 Å². The van der Waals surface area contributed by atoms with Crippen LogP contribution < -0.4 is 10.2 Å². The molecule has 1 N–H and O–H groups in total. The number of methoxy groups -OCH3 is 1. The van der Waals surface area contributed by atoms with Gasteiger partial charge in [-0.25, -0.2) is 4.98 Å². The van der Waals surface area contributed by atoms with Gasteiger partial charge in [0.25, 0.3) is 5.91 Å². The lowest BCUT2D eigenvalue weighted by Gasteiger charge is -2.37. The number of anilines is 2. The first-order chi connectivity index (χ1) is 8.70. The molecule has 1 amide bonds. The fraction of sp³-hybridized carbons (Fsp3) is 0.545. The van der Waals surface area contributed by atoms with E-state index in [9.17, 15) is 4.79 Å². The standard InChI is InChI=1S/C11H13ClN4O2/c1-18-5-7-10(17)16-4-2-3-6-8(16)9(13-7)15-11(12)14-6/h7H,2-5H2,1H3,(H,13,14,15)/t7-/m0/s1. The Morgan fingerprint density at radius 1 is 1.56 bits per heavy atom. The third-order valence-electron chi connectivity index (χ3n) is 3.20. The summed E-state index contributed by atoms with van der Waals surface area (Å²) in [6.07, 6.45) is 1.72. The predicted octanol–water partition coefficient (Wildman–Crippen LogP) is 0.850. The molecule has 96 valence electrons. The van der Waals surface area contributed by atoms with E-state index in [-0.39, 0.29) is 11.2 Å². The van der Waals surface area contributed by atoms with Crippen molar-refractivity contribution in [3.63, 3.8) is 0 Å². The first-order valence-corrected chi connectivity index (χ1v) is 6.22. The monoisotopic (exact) mass is 268 g/mol. The summed E-state index contributed by atoms with van der Waals surface area (Å²) >= 11 is 5.90. The maximum absolute atomic E-state index is 12.3. The van der Waals surface area contributed by atoms with Crippen LogP contribution >= 0.6 is 11.6 Å². The second-order valence-electron chi connectivity index (χ2n) is 4.38. The summed E-state index contributed by atoms with van der Waals surface area (Å²) in [6, 6.07) is -0.403. The Balaban J connectivity index is 2.08. The highest BCUT2D eigenvalue weighted by Crippen LogP contribution is 2.36. The van der Waals surface area contributed by atoms with Crippen molar-refractivity contribution in [2.24, 2.45) is 0 Å². The highest BCUT2D eigenvalue weighted by atomic mass is 35.5. The van der Waals surface area contributed by atoms with Crippen molar-refractivity contribution in [3.05, 3.63) is 11.0 Å². The van der Waals surface area contributed by atoms with Gasteiger partial charge in [0.05, 0.1) is 12.3 Å². The third kappa shape index (κ3) is 1.72. The summed E-state index contributed by atoms with van der Waals surface area (Å²) in [4.78, 5) is 22.4. The molecule has 0 radical (unpaired) electrons. The maximum Gasteiger partial charge on any atom is 0.252 e. The van der Waals surface area contributed by atoms with Crippen LogP contribution in [0.3, 0.4) is 0 Å². The number of hydrogen-bond acceptors (Lipinski definition) is 5. The van der Waals surface area contributed by atoms with Crippen LogP contribution in [0.25, 0.3) is 0 Å². The molecule has 0 bridgehead atoms. The Hall–Kier alpha value is -1.40. The minimum Gasteiger partial charge on any atom is -0.382 e. The second-order valence-corrected chi connectivity index (χ2v) is 4.72. The number of halogens is 1. The molecule has 0 aromatic carbocycles. The van der Waals surface area contributed by atoms with Gasteiger partial charge >= 0.3 is 0 Å². The van der Waals surface area contributed by atoms with Gasteiger partial charge in [0.15, 0.2) is 5.82 Å². The number of ether oxygens (including phenoxy) is 1. The van der Waals surface area contributed by atoms with E-state index in [0.29, 0.717) is 19.0 Å². The fourth-order valence-corrected chi connectivity index (χ4v) is 2.65. The minimum atomic E-state index is -0.403. The summed E-state index contributed by atoms with van der Waals surface area (Å²) in [7, 11) is 1.57. The van der Waals surface area contributed by atoms with Gasteiger partial charge in [0, 0.05) is 13.7 Å². The van der Waals surface area contributed by atoms with Crippen molar-refractivity contribution in [1.82, 2.24) is 9.97 Å². The molecular weight excluding hydrogens is 256 g/mol. The Morgan fingerprint density at radius 3 is 3.17 bits per heavy atom. The molecule has 1 aromatic heterocycles. The van der Waals surface area contributed by atoms with Crippen LogP contribution in [0.2, 0.25) is 5.28 Å². The first-order valence-electron chi connectivity index (χ1n) is 5.84. The van der Waals surface area contributed by atoms with E-state index >= 15 is 0 Å². The van der Waals surface area contributed by atoms with Gasteiger partial charge < -0.3 is 15.0 Å². The maximum atomic E-state index is 12.3. The van der Waals surface area contributed by atoms with Crippen LogP contribution in [0, 0.1) is 0 Å². The van der Waals surface area contributed by atoms with Crippen molar-refractivity contribution < 1.29 is 9.53 Å². The molecule has 7 heteroatoms. The Bertz CT molecular complexity index is 508. The minimum absolute atomic E-state index is 0.0104. The van der Waals surface area contributed by atoms with Crippen molar-refractivity contribution in [2.45, 2.75) is 18.9 Å². The zero-order chi connectivity index (χ0) is 12.7. The number of nitrogens with one attached hydrogen (secondary N) is 1. The molecule has 2 aliphatic heterocycles. The van der Waals surface area contributed by atoms with E-state index in [1.165, 1.54) is 0 Å². The highest BCUT2D eigenvalue weighted by molar-refractivity contribution is 6.28. The topological polar surface area (TPSA) is 67.3 Å². The van der Waals surface area contributed by atoms with Crippen LogP contribution in [0.5, 0.6) is 0 Å². The lowest BCUT2D eigenvalue weighted by atomic mass is 10.0. The van der Waals surface area contributed by atoms with E-state index in [1.807, 2.05) is 0 Å². The van der Waals surface area contributed by atoms with Crippen LogP contribution in [0.4, 0.5) is 11.5 Å². The molecule has 0 unspecified atom stereocenters. The number of rotatable bonds is 2. The molecule has 3 heterocycles. The SMILES string of the molecule is COC[C@@H]1Nc2nc(Cl)nc3c2N(CCC3)C1=O. The van der Waals surface area contributed by atoms with Crippen molar-refractivity contribution in [2.75, 3.05) is 30.5 Å². The van der Waals surface area contributed by atoms with E-state index in [0.717, 1.165) is 24.2 Å². The number of aromatic nitrogens is 2. The van der Waals surface area contributed by atoms with Crippen molar-refractivity contribution in [1.29, 1.82) is 0 Å². The fourth-order valence-electron chi connectivity index (χ4n) is 2.46. The van der Waals surface area contributed by atoms with Gasteiger partial charge in [-0.2, -0.15) is 4.98 Å². The average molecular weight is 269 g/mol. The number of carbonyl (C=O) groups is 1. The Kier molecular flexibility index (Phi) is 2.83. The zero-order valence-electron chi connectivity index (χ0n) is 9.94. The number of hydrogen-bond donors (Lipinski definition) is 1.